The Morgan fingerprint density at radius 2 is 2.00 bits per heavy atom. The zero-order valence-corrected chi connectivity index (χ0v) is 18.4. The van der Waals surface area contributed by atoms with Crippen molar-refractivity contribution in [2.24, 2.45) is 0 Å². The van der Waals surface area contributed by atoms with E-state index in [0.717, 1.165) is 12.8 Å². The van der Waals surface area contributed by atoms with Crippen LogP contribution >= 0.6 is 0 Å². The summed E-state index contributed by atoms with van der Waals surface area (Å²) in [6.45, 7) is 2.70. The maximum atomic E-state index is 12.8. The summed E-state index contributed by atoms with van der Waals surface area (Å²) in [5.41, 5.74) is 0.915. The Bertz CT molecular complexity index is 842. The number of nitrogens with one attached hydrogen (secondary N) is 1. The lowest BCUT2D eigenvalue weighted by molar-refractivity contribution is -0.134. The van der Waals surface area contributed by atoms with Crippen LogP contribution in [0.1, 0.15) is 51.0 Å². The van der Waals surface area contributed by atoms with Gasteiger partial charge in [0.25, 0.3) is 0 Å². The van der Waals surface area contributed by atoms with Gasteiger partial charge >= 0.3 is 0 Å². The van der Waals surface area contributed by atoms with Gasteiger partial charge in [-0.2, -0.15) is 5.10 Å². The van der Waals surface area contributed by atoms with Crippen LogP contribution in [-0.4, -0.2) is 62.3 Å². The Morgan fingerprint density at radius 3 is 2.68 bits per heavy atom. The van der Waals surface area contributed by atoms with Crippen molar-refractivity contribution in [1.82, 2.24) is 25.0 Å². The molecule has 1 aliphatic carbocycles. The van der Waals surface area contributed by atoms with Crippen molar-refractivity contribution in [3.63, 3.8) is 0 Å². The second-order valence-electron chi connectivity index (χ2n) is 8.53. The fourth-order valence-corrected chi connectivity index (χ4v) is 4.56. The molecule has 2 aromatic rings. The summed E-state index contributed by atoms with van der Waals surface area (Å²) in [6.07, 6.45) is 6.40. The highest BCUT2D eigenvalue weighted by Gasteiger charge is 2.39. The van der Waals surface area contributed by atoms with Crippen LogP contribution in [0.5, 0.6) is 0 Å². The van der Waals surface area contributed by atoms with Gasteiger partial charge in [-0.05, 0) is 37.7 Å². The molecule has 31 heavy (non-hydrogen) atoms. The summed E-state index contributed by atoms with van der Waals surface area (Å²) in [6, 6.07) is 9.95. The SMILES string of the molecule is CC(=O)NC[C@]1(c2ccccc2)CC[C@H](O)[C@@H](N(C)C(=O)CCCn2cncn2)CC1. The number of hydrogen-bond acceptors (Lipinski definition) is 5. The molecule has 3 rings (SSSR count). The van der Waals surface area contributed by atoms with Crippen molar-refractivity contribution in [1.29, 1.82) is 0 Å². The van der Waals surface area contributed by atoms with Gasteiger partial charge in [-0.25, -0.2) is 4.98 Å². The predicted octanol–water partition coefficient (Wildman–Crippen LogP) is 1.89. The highest BCUT2D eigenvalue weighted by Crippen LogP contribution is 2.39. The molecule has 8 heteroatoms. The molecule has 3 atom stereocenters. The van der Waals surface area contributed by atoms with Gasteiger partial charge in [0.2, 0.25) is 11.8 Å². The Labute approximate surface area is 183 Å². The standard InChI is InChI=1S/C23H33N5O3/c1-18(29)25-15-23(19-7-4-3-5-8-19)12-10-20(21(30)11-13-23)27(2)22(31)9-6-14-28-17-24-16-26-28/h3-5,7-8,16-17,20-21,30H,6,9-15H2,1-2H3,(H,25,29)/t20-,21-,23+/m0/s1. The molecule has 168 valence electrons. The van der Waals surface area contributed by atoms with E-state index in [1.54, 1.807) is 23.0 Å². The van der Waals surface area contributed by atoms with Crippen molar-refractivity contribution >= 4 is 11.8 Å². The van der Waals surface area contributed by atoms with E-state index in [-0.39, 0.29) is 23.3 Å². The average molecular weight is 428 g/mol. The zero-order chi connectivity index (χ0) is 22.3. The fraction of sp³-hybridized carbons (Fsp3) is 0.565. The lowest BCUT2D eigenvalue weighted by Gasteiger charge is -2.34. The van der Waals surface area contributed by atoms with Crippen molar-refractivity contribution < 1.29 is 14.7 Å². The first-order valence-electron chi connectivity index (χ1n) is 11.0. The Kier molecular flexibility index (Phi) is 7.79. The van der Waals surface area contributed by atoms with Gasteiger partial charge in [-0.15, -0.1) is 0 Å². The summed E-state index contributed by atoms with van der Waals surface area (Å²) < 4.78 is 1.71. The summed E-state index contributed by atoms with van der Waals surface area (Å²) in [4.78, 5) is 30.0. The van der Waals surface area contributed by atoms with E-state index < -0.39 is 6.10 Å². The van der Waals surface area contributed by atoms with E-state index >= 15 is 0 Å². The lowest BCUT2D eigenvalue weighted by Crippen LogP contribution is -2.44. The smallest absolute Gasteiger partial charge is 0.222 e. The minimum Gasteiger partial charge on any atom is -0.391 e. The number of aliphatic hydroxyl groups excluding tert-OH is 1. The Hall–Kier alpha value is -2.74. The van der Waals surface area contributed by atoms with Crippen LogP contribution in [-0.2, 0) is 21.5 Å². The number of rotatable bonds is 8. The third-order valence-electron chi connectivity index (χ3n) is 6.48. The monoisotopic (exact) mass is 427 g/mol. The molecule has 1 aromatic carbocycles. The molecule has 1 aliphatic rings. The van der Waals surface area contributed by atoms with Gasteiger partial charge in [-0.1, -0.05) is 30.3 Å². The summed E-state index contributed by atoms with van der Waals surface area (Å²) in [5, 5.41) is 17.9. The lowest BCUT2D eigenvalue weighted by atomic mass is 9.74. The number of carbonyl (C=O) groups is 2. The van der Waals surface area contributed by atoms with Crippen LogP contribution in [0.4, 0.5) is 0 Å². The minimum absolute atomic E-state index is 0.0261. The molecule has 0 aliphatic heterocycles. The van der Waals surface area contributed by atoms with Crippen LogP contribution in [0, 0.1) is 0 Å². The second-order valence-corrected chi connectivity index (χ2v) is 8.53. The highest BCUT2D eigenvalue weighted by molar-refractivity contribution is 5.76. The molecule has 0 radical (unpaired) electrons. The maximum absolute atomic E-state index is 12.8. The fourth-order valence-electron chi connectivity index (χ4n) is 4.56. The minimum atomic E-state index is -0.591. The van der Waals surface area contributed by atoms with Crippen LogP contribution in [0.2, 0.25) is 0 Å². The topological polar surface area (TPSA) is 100 Å². The Morgan fingerprint density at radius 1 is 1.26 bits per heavy atom. The molecule has 2 amide bonds. The van der Waals surface area contributed by atoms with Gasteiger partial charge in [0.15, 0.2) is 0 Å². The van der Waals surface area contributed by atoms with Crippen molar-refractivity contribution in [3.05, 3.63) is 48.5 Å². The first-order valence-corrected chi connectivity index (χ1v) is 11.0. The van der Waals surface area contributed by atoms with Crippen LogP contribution in [0.25, 0.3) is 0 Å². The molecule has 0 bridgehead atoms. The predicted molar refractivity (Wildman–Crippen MR) is 117 cm³/mol. The van der Waals surface area contributed by atoms with Gasteiger partial charge < -0.3 is 15.3 Å². The number of aromatic nitrogens is 3. The van der Waals surface area contributed by atoms with E-state index in [9.17, 15) is 14.7 Å². The number of nitrogens with zero attached hydrogens (tertiary/aromatic N) is 4. The number of hydrogen-bond donors (Lipinski definition) is 2. The summed E-state index contributed by atoms with van der Waals surface area (Å²) >= 11 is 0. The molecule has 1 fully saturated rings. The molecular weight excluding hydrogens is 394 g/mol. The van der Waals surface area contributed by atoms with Crippen molar-refractivity contribution in [2.75, 3.05) is 13.6 Å². The molecular formula is C23H33N5O3. The number of likely N-dealkylation sites (N-methyl/N-ethyl adjacent to an activating group) is 1. The van der Waals surface area contributed by atoms with E-state index in [1.165, 1.54) is 18.8 Å². The normalized spacial score (nSPS) is 23.7. The highest BCUT2D eigenvalue weighted by atomic mass is 16.3. The van der Waals surface area contributed by atoms with E-state index in [4.69, 9.17) is 0 Å². The Balaban J connectivity index is 1.66. The quantitative estimate of drug-likeness (QED) is 0.627. The largest absolute Gasteiger partial charge is 0.391 e. The van der Waals surface area contributed by atoms with Crippen molar-refractivity contribution in [3.8, 4) is 0 Å². The summed E-state index contributed by atoms with van der Waals surface area (Å²) in [5.74, 6) is -0.0328. The van der Waals surface area contributed by atoms with Gasteiger partial charge in [0.1, 0.15) is 12.7 Å². The average Bonchev–Trinajstić information content (AvgIpc) is 3.22. The zero-order valence-electron chi connectivity index (χ0n) is 18.4. The summed E-state index contributed by atoms with van der Waals surface area (Å²) in [7, 11) is 1.79. The number of carbonyl (C=O) groups excluding carboxylic acids is 2. The maximum Gasteiger partial charge on any atom is 0.222 e. The third kappa shape index (κ3) is 5.91. The van der Waals surface area contributed by atoms with Crippen LogP contribution < -0.4 is 5.32 Å². The third-order valence-corrected chi connectivity index (χ3v) is 6.48. The van der Waals surface area contributed by atoms with Crippen LogP contribution in [0.15, 0.2) is 43.0 Å². The van der Waals surface area contributed by atoms with E-state index in [0.29, 0.717) is 38.8 Å². The number of aryl methyl sites for hydroxylation is 1. The molecule has 0 unspecified atom stereocenters. The molecule has 1 aromatic heterocycles. The van der Waals surface area contributed by atoms with Gasteiger partial charge in [0.05, 0.1) is 12.1 Å². The van der Waals surface area contributed by atoms with E-state index in [1.807, 2.05) is 18.2 Å². The molecule has 1 saturated carbocycles. The van der Waals surface area contributed by atoms with Gasteiger partial charge in [0, 0.05) is 38.9 Å². The van der Waals surface area contributed by atoms with E-state index in [2.05, 4.69) is 27.5 Å². The van der Waals surface area contributed by atoms with Crippen molar-refractivity contribution in [2.45, 2.75) is 69.6 Å². The van der Waals surface area contributed by atoms with Gasteiger partial charge in [-0.3, -0.25) is 14.3 Å². The number of aliphatic hydroxyl groups is 1. The molecule has 8 nitrogen and oxygen atoms in total. The first-order chi connectivity index (χ1) is 14.9. The number of benzene rings is 1. The first kappa shape index (κ1) is 22.9. The second kappa shape index (κ2) is 10.5. The molecule has 1 heterocycles. The number of amides is 2. The molecule has 2 N–H and O–H groups in total. The molecule has 0 spiro atoms. The molecule has 0 saturated heterocycles. The van der Waals surface area contributed by atoms with Crippen LogP contribution in [0.3, 0.4) is 0 Å².